The first-order valence-electron chi connectivity index (χ1n) is 8.29. The number of hydrogen-bond donors (Lipinski definition) is 1. The smallest absolute Gasteiger partial charge is 0.390 e. The first-order chi connectivity index (χ1) is 11.5. The van der Waals surface area contributed by atoms with Crippen molar-refractivity contribution < 1.29 is 17.9 Å². The van der Waals surface area contributed by atoms with Crippen molar-refractivity contribution in [2.24, 2.45) is 4.99 Å². The fourth-order valence-corrected chi connectivity index (χ4v) is 2.59. The number of hydrogen-bond acceptors (Lipinski definition) is 2. The molecule has 1 saturated heterocycles. The standard InChI is InChI=1S/C17H24F3N3O/c1-2-21-16(22-11-10-17(18,19)20)23-12-8-15(9-13-23)24-14-6-4-3-5-7-14/h3-7,15H,2,8-13H2,1H3,(H,21,22). The van der Waals surface area contributed by atoms with Crippen LogP contribution >= 0.6 is 0 Å². The molecule has 0 radical (unpaired) electrons. The van der Waals surface area contributed by atoms with E-state index in [1.807, 2.05) is 42.2 Å². The van der Waals surface area contributed by atoms with E-state index in [9.17, 15) is 13.2 Å². The molecule has 0 bridgehead atoms. The van der Waals surface area contributed by atoms with E-state index < -0.39 is 12.6 Å². The van der Waals surface area contributed by atoms with Crippen molar-refractivity contribution in [3.8, 4) is 5.75 Å². The van der Waals surface area contributed by atoms with E-state index in [0.29, 0.717) is 12.5 Å². The largest absolute Gasteiger partial charge is 0.490 e. The van der Waals surface area contributed by atoms with Gasteiger partial charge in [-0.1, -0.05) is 18.2 Å². The average molecular weight is 343 g/mol. The highest BCUT2D eigenvalue weighted by Gasteiger charge is 2.27. The average Bonchev–Trinajstić information content (AvgIpc) is 2.55. The summed E-state index contributed by atoms with van der Waals surface area (Å²) in [4.78, 5) is 6.11. The van der Waals surface area contributed by atoms with Gasteiger partial charge in [-0.2, -0.15) is 13.2 Å². The Labute approximate surface area is 140 Å². The molecule has 0 amide bonds. The van der Waals surface area contributed by atoms with Gasteiger partial charge in [-0.15, -0.1) is 0 Å². The zero-order chi connectivity index (χ0) is 17.4. The van der Waals surface area contributed by atoms with Gasteiger partial charge in [-0.05, 0) is 19.1 Å². The summed E-state index contributed by atoms with van der Waals surface area (Å²) in [5.41, 5.74) is 0. The molecule has 1 aliphatic heterocycles. The maximum atomic E-state index is 12.3. The van der Waals surface area contributed by atoms with Crippen LogP contribution in [0.25, 0.3) is 0 Å². The second-order valence-electron chi connectivity index (χ2n) is 5.72. The molecule has 1 fully saturated rings. The molecule has 0 unspecified atom stereocenters. The number of aliphatic imine (C=N–C) groups is 1. The Morgan fingerprint density at radius 2 is 1.92 bits per heavy atom. The maximum Gasteiger partial charge on any atom is 0.390 e. The number of benzene rings is 1. The minimum Gasteiger partial charge on any atom is -0.490 e. The van der Waals surface area contributed by atoms with Gasteiger partial charge in [0.05, 0.1) is 13.0 Å². The number of likely N-dealkylation sites (tertiary alicyclic amines) is 1. The molecule has 2 rings (SSSR count). The highest BCUT2D eigenvalue weighted by atomic mass is 19.4. The van der Waals surface area contributed by atoms with Crippen LogP contribution in [0, 0.1) is 0 Å². The molecular formula is C17H24F3N3O. The van der Waals surface area contributed by atoms with E-state index in [-0.39, 0.29) is 12.6 Å². The van der Waals surface area contributed by atoms with E-state index in [2.05, 4.69) is 10.3 Å². The minimum absolute atomic E-state index is 0.127. The number of nitrogens with one attached hydrogen (secondary N) is 1. The first kappa shape index (κ1) is 18.4. The highest BCUT2D eigenvalue weighted by Crippen LogP contribution is 2.20. The molecule has 1 heterocycles. The van der Waals surface area contributed by atoms with Gasteiger partial charge in [0.25, 0.3) is 0 Å². The normalized spacial score (nSPS) is 17.0. The fourth-order valence-electron chi connectivity index (χ4n) is 2.59. The molecule has 1 aromatic carbocycles. The van der Waals surface area contributed by atoms with Crippen LogP contribution in [-0.2, 0) is 0 Å². The van der Waals surface area contributed by atoms with E-state index in [4.69, 9.17) is 4.74 Å². The third-order valence-electron chi connectivity index (χ3n) is 3.78. The van der Waals surface area contributed by atoms with Crippen molar-refractivity contribution in [3.63, 3.8) is 0 Å². The summed E-state index contributed by atoms with van der Waals surface area (Å²) in [5, 5.41) is 3.07. The zero-order valence-electron chi connectivity index (χ0n) is 13.9. The predicted octanol–water partition coefficient (Wildman–Crippen LogP) is 3.45. The van der Waals surface area contributed by atoms with Crippen LogP contribution in [-0.4, -0.2) is 49.3 Å². The molecular weight excluding hydrogens is 319 g/mol. The molecule has 24 heavy (non-hydrogen) atoms. The summed E-state index contributed by atoms with van der Waals surface area (Å²) in [5.74, 6) is 1.40. The van der Waals surface area contributed by atoms with Gasteiger partial charge in [0.15, 0.2) is 5.96 Å². The van der Waals surface area contributed by atoms with Crippen molar-refractivity contribution in [1.29, 1.82) is 0 Å². The van der Waals surface area contributed by atoms with Gasteiger partial charge < -0.3 is 15.0 Å². The van der Waals surface area contributed by atoms with Crippen LogP contribution in [0.15, 0.2) is 35.3 Å². The Kier molecular flexibility index (Phi) is 6.75. The lowest BCUT2D eigenvalue weighted by atomic mass is 10.1. The summed E-state index contributed by atoms with van der Waals surface area (Å²) in [6, 6.07) is 9.65. The first-order valence-corrected chi connectivity index (χ1v) is 8.29. The van der Waals surface area contributed by atoms with Crippen LogP contribution < -0.4 is 10.1 Å². The Morgan fingerprint density at radius 3 is 2.50 bits per heavy atom. The predicted molar refractivity (Wildman–Crippen MR) is 88.3 cm³/mol. The van der Waals surface area contributed by atoms with E-state index in [0.717, 1.165) is 31.7 Å². The molecule has 0 aliphatic carbocycles. The summed E-state index contributed by atoms with van der Waals surface area (Å²) >= 11 is 0. The van der Waals surface area contributed by atoms with E-state index in [1.165, 1.54) is 0 Å². The van der Waals surface area contributed by atoms with Crippen LogP contribution in [0.4, 0.5) is 13.2 Å². The zero-order valence-corrected chi connectivity index (χ0v) is 13.9. The topological polar surface area (TPSA) is 36.9 Å². The number of rotatable bonds is 5. The maximum absolute atomic E-state index is 12.3. The van der Waals surface area contributed by atoms with Crippen LogP contribution in [0.3, 0.4) is 0 Å². The molecule has 1 N–H and O–H groups in total. The molecule has 0 atom stereocenters. The Balaban J connectivity index is 1.84. The second kappa shape index (κ2) is 8.80. The van der Waals surface area contributed by atoms with Gasteiger partial charge in [0.2, 0.25) is 0 Å². The van der Waals surface area contributed by atoms with Gasteiger partial charge >= 0.3 is 6.18 Å². The molecule has 0 spiro atoms. The number of halogens is 3. The Morgan fingerprint density at radius 1 is 1.25 bits per heavy atom. The third-order valence-corrected chi connectivity index (χ3v) is 3.78. The fraction of sp³-hybridized carbons (Fsp3) is 0.588. The molecule has 4 nitrogen and oxygen atoms in total. The second-order valence-corrected chi connectivity index (χ2v) is 5.72. The number of alkyl halides is 3. The van der Waals surface area contributed by atoms with E-state index >= 15 is 0 Å². The molecule has 7 heteroatoms. The summed E-state index contributed by atoms with van der Waals surface area (Å²) in [6.45, 7) is 3.73. The molecule has 1 aliphatic rings. The number of nitrogens with zero attached hydrogens (tertiary/aromatic N) is 2. The summed E-state index contributed by atoms with van der Waals surface area (Å²) < 4.78 is 42.8. The number of piperidine rings is 1. The Bertz CT molecular complexity index is 512. The molecule has 0 saturated carbocycles. The van der Waals surface area contributed by atoms with Crippen LogP contribution in [0.5, 0.6) is 5.75 Å². The van der Waals surface area contributed by atoms with Crippen molar-refractivity contribution in [2.75, 3.05) is 26.2 Å². The lowest BCUT2D eigenvalue weighted by Crippen LogP contribution is -2.47. The quantitative estimate of drug-likeness (QED) is 0.657. The van der Waals surface area contributed by atoms with Crippen molar-refractivity contribution in [2.45, 2.75) is 38.5 Å². The summed E-state index contributed by atoms with van der Waals surface area (Å²) in [6.07, 6.45) is -3.30. The Hall–Kier alpha value is -1.92. The van der Waals surface area contributed by atoms with Gasteiger partial charge in [-0.25, -0.2) is 0 Å². The van der Waals surface area contributed by atoms with Crippen LogP contribution in [0.2, 0.25) is 0 Å². The van der Waals surface area contributed by atoms with Gasteiger partial charge in [0.1, 0.15) is 11.9 Å². The molecule has 1 aromatic rings. The number of ether oxygens (including phenoxy) is 1. The molecule has 134 valence electrons. The monoisotopic (exact) mass is 343 g/mol. The summed E-state index contributed by atoms with van der Waals surface area (Å²) in [7, 11) is 0. The van der Waals surface area contributed by atoms with Gasteiger partial charge in [-0.3, -0.25) is 4.99 Å². The molecule has 0 aromatic heterocycles. The van der Waals surface area contributed by atoms with Crippen molar-refractivity contribution in [1.82, 2.24) is 10.2 Å². The van der Waals surface area contributed by atoms with Gasteiger partial charge in [0, 0.05) is 32.5 Å². The lowest BCUT2D eigenvalue weighted by Gasteiger charge is -2.34. The van der Waals surface area contributed by atoms with Crippen molar-refractivity contribution in [3.05, 3.63) is 30.3 Å². The highest BCUT2D eigenvalue weighted by molar-refractivity contribution is 5.80. The number of guanidine groups is 1. The number of para-hydroxylation sites is 1. The SMILES string of the molecule is CCNC(=NCCC(F)(F)F)N1CCC(Oc2ccccc2)CC1. The van der Waals surface area contributed by atoms with Crippen LogP contribution in [0.1, 0.15) is 26.2 Å². The van der Waals surface area contributed by atoms with Crippen molar-refractivity contribution >= 4 is 5.96 Å². The van der Waals surface area contributed by atoms with E-state index in [1.54, 1.807) is 0 Å². The minimum atomic E-state index is -4.17. The third kappa shape index (κ3) is 6.29. The lowest BCUT2D eigenvalue weighted by molar-refractivity contribution is -0.132.